The van der Waals surface area contributed by atoms with Gasteiger partial charge in [0.15, 0.2) is 0 Å². The fraction of sp³-hybridized carbons (Fsp3) is 0.429. The molecule has 0 aliphatic carbocycles. The number of aryl methyl sites for hydroxylation is 2. The maximum atomic E-state index is 11.4. The summed E-state index contributed by atoms with van der Waals surface area (Å²) in [6.07, 6.45) is 0.298. The summed E-state index contributed by atoms with van der Waals surface area (Å²) in [5.74, 6) is -1.44. The third-order valence-corrected chi connectivity index (χ3v) is 3.04. The van der Waals surface area contributed by atoms with Crippen LogP contribution in [0.2, 0.25) is 0 Å². The van der Waals surface area contributed by atoms with E-state index in [9.17, 15) is 9.59 Å². The second kappa shape index (κ2) is 6.19. The third-order valence-electron chi connectivity index (χ3n) is 3.04. The maximum Gasteiger partial charge on any atom is 0.312 e. The molecule has 0 atom stereocenters. The molecule has 1 rings (SSSR count). The molecular formula is C14H19NO3. The fourth-order valence-electron chi connectivity index (χ4n) is 1.64. The number of carboxylic acid groups (broad SMARTS) is 1. The Morgan fingerprint density at radius 2 is 1.89 bits per heavy atom. The van der Waals surface area contributed by atoms with Crippen molar-refractivity contribution in [1.82, 2.24) is 4.90 Å². The Bertz CT molecular complexity index is 454. The second-order valence-corrected chi connectivity index (χ2v) is 4.55. The maximum absolute atomic E-state index is 11.4. The summed E-state index contributed by atoms with van der Waals surface area (Å²) in [5.41, 5.74) is 3.63. The van der Waals surface area contributed by atoms with Crippen molar-refractivity contribution >= 4 is 11.9 Å². The average molecular weight is 249 g/mol. The van der Waals surface area contributed by atoms with Crippen molar-refractivity contribution < 1.29 is 14.7 Å². The van der Waals surface area contributed by atoms with Gasteiger partial charge in [-0.3, -0.25) is 9.59 Å². The molecule has 0 heterocycles. The highest BCUT2D eigenvalue weighted by Gasteiger charge is 2.12. The molecule has 1 aromatic carbocycles. The molecule has 0 aliphatic rings. The normalized spacial score (nSPS) is 10.2. The van der Waals surface area contributed by atoms with Crippen molar-refractivity contribution in [2.24, 2.45) is 0 Å². The lowest BCUT2D eigenvalue weighted by Gasteiger charge is -2.16. The highest BCUT2D eigenvalue weighted by molar-refractivity contribution is 5.93. The number of hydrogen-bond acceptors (Lipinski definition) is 2. The molecule has 4 heteroatoms. The van der Waals surface area contributed by atoms with Gasteiger partial charge in [0.25, 0.3) is 0 Å². The highest BCUT2D eigenvalue weighted by atomic mass is 16.4. The lowest BCUT2D eigenvalue weighted by Crippen LogP contribution is -2.30. The summed E-state index contributed by atoms with van der Waals surface area (Å²) in [4.78, 5) is 23.3. The van der Waals surface area contributed by atoms with E-state index in [0.717, 1.165) is 12.0 Å². The van der Waals surface area contributed by atoms with Crippen LogP contribution in [0.5, 0.6) is 0 Å². The first-order valence-electron chi connectivity index (χ1n) is 5.92. The number of carboxylic acids is 1. The van der Waals surface area contributed by atoms with Crippen LogP contribution in [0.15, 0.2) is 18.2 Å². The highest BCUT2D eigenvalue weighted by Crippen LogP contribution is 2.10. The van der Waals surface area contributed by atoms with Crippen LogP contribution in [-0.4, -0.2) is 35.5 Å². The van der Waals surface area contributed by atoms with E-state index < -0.39 is 12.4 Å². The molecule has 1 N–H and O–H groups in total. The minimum Gasteiger partial charge on any atom is -0.481 e. The number of hydrogen-bond donors (Lipinski definition) is 1. The van der Waals surface area contributed by atoms with E-state index in [-0.39, 0.29) is 5.91 Å². The van der Waals surface area contributed by atoms with E-state index in [1.54, 1.807) is 7.05 Å². The Morgan fingerprint density at radius 1 is 1.22 bits per heavy atom. The van der Waals surface area contributed by atoms with Gasteiger partial charge in [-0.15, -0.1) is 0 Å². The smallest absolute Gasteiger partial charge is 0.312 e. The standard InChI is InChI=1S/C14H19NO3/c1-10-4-5-12(8-11(10)2)6-7-15(3)13(16)9-14(17)18/h4-5,8H,6-7,9H2,1-3H3,(H,17,18). The Morgan fingerprint density at radius 3 is 2.44 bits per heavy atom. The van der Waals surface area contributed by atoms with Crippen molar-refractivity contribution in [3.05, 3.63) is 34.9 Å². The van der Waals surface area contributed by atoms with Gasteiger partial charge in [0.1, 0.15) is 6.42 Å². The number of carbonyl (C=O) groups is 2. The van der Waals surface area contributed by atoms with Gasteiger partial charge in [0.05, 0.1) is 0 Å². The van der Waals surface area contributed by atoms with E-state index >= 15 is 0 Å². The summed E-state index contributed by atoms with van der Waals surface area (Å²) in [5, 5.41) is 8.54. The van der Waals surface area contributed by atoms with Crippen molar-refractivity contribution in [2.45, 2.75) is 26.7 Å². The average Bonchev–Trinajstić information content (AvgIpc) is 2.29. The van der Waals surface area contributed by atoms with E-state index in [1.807, 2.05) is 6.07 Å². The molecule has 18 heavy (non-hydrogen) atoms. The molecule has 0 spiro atoms. The fourth-order valence-corrected chi connectivity index (χ4v) is 1.64. The minimum absolute atomic E-state index is 0.355. The summed E-state index contributed by atoms with van der Waals surface area (Å²) in [6.45, 7) is 4.65. The zero-order valence-corrected chi connectivity index (χ0v) is 11.1. The van der Waals surface area contributed by atoms with Crippen LogP contribution in [0.1, 0.15) is 23.1 Å². The van der Waals surface area contributed by atoms with Crippen molar-refractivity contribution in [2.75, 3.05) is 13.6 Å². The molecule has 0 radical (unpaired) electrons. The van der Waals surface area contributed by atoms with Crippen LogP contribution >= 0.6 is 0 Å². The molecule has 4 nitrogen and oxygen atoms in total. The Labute approximate surface area is 107 Å². The summed E-state index contributed by atoms with van der Waals surface area (Å²) < 4.78 is 0. The molecule has 1 aromatic rings. The van der Waals surface area contributed by atoms with Gasteiger partial charge in [0.2, 0.25) is 5.91 Å². The molecule has 0 aromatic heterocycles. The van der Waals surface area contributed by atoms with Crippen LogP contribution in [-0.2, 0) is 16.0 Å². The van der Waals surface area contributed by atoms with Crippen molar-refractivity contribution in [3.63, 3.8) is 0 Å². The lowest BCUT2D eigenvalue weighted by molar-refractivity contribution is -0.143. The Kier molecular flexibility index (Phi) is 4.89. The van der Waals surface area contributed by atoms with Crippen LogP contribution < -0.4 is 0 Å². The third kappa shape index (κ3) is 4.20. The molecule has 98 valence electrons. The first-order valence-corrected chi connectivity index (χ1v) is 5.92. The molecule has 0 saturated carbocycles. The first-order chi connectivity index (χ1) is 8.40. The number of benzene rings is 1. The number of nitrogens with zero attached hydrogens (tertiary/aromatic N) is 1. The molecular weight excluding hydrogens is 230 g/mol. The van der Waals surface area contributed by atoms with Gasteiger partial charge >= 0.3 is 5.97 Å². The van der Waals surface area contributed by atoms with E-state index in [1.165, 1.54) is 16.0 Å². The number of rotatable bonds is 5. The van der Waals surface area contributed by atoms with E-state index in [0.29, 0.717) is 6.54 Å². The molecule has 0 aliphatic heterocycles. The van der Waals surface area contributed by atoms with Gasteiger partial charge in [-0.2, -0.15) is 0 Å². The van der Waals surface area contributed by atoms with Crippen molar-refractivity contribution in [1.29, 1.82) is 0 Å². The molecule has 0 unspecified atom stereocenters. The summed E-state index contributed by atoms with van der Waals surface area (Å²) >= 11 is 0. The molecule has 0 saturated heterocycles. The lowest BCUT2D eigenvalue weighted by atomic mass is 10.0. The van der Waals surface area contributed by atoms with Crippen LogP contribution in [0.4, 0.5) is 0 Å². The largest absolute Gasteiger partial charge is 0.481 e. The topological polar surface area (TPSA) is 57.6 Å². The zero-order valence-electron chi connectivity index (χ0n) is 11.1. The van der Waals surface area contributed by atoms with Crippen LogP contribution in [0, 0.1) is 13.8 Å². The number of likely N-dealkylation sites (N-methyl/N-ethyl adjacent to an activating group) is 1. The molecule has 0 fully saturated rings. The second-order valence-electron chi connectivity index (χ2n) is 4.55. The predicted octanol–water partition coefficient (Wildman–Crippen LogP) is 1.78. The SMILES string of the molecule is Cc1ccc(CCN(C)C(=O)CC(=O)O)cc1C. The predicted molar refractivity (Wildman–Crippen MR) is 69.5 cm³/mol. The monoisotopic (exact) mass is 249 g/mol. The van der Waals surface area contributed by atoms with Gasteiger partial charge in [-0.25, -0.2) is 0 Å². The first kappa shape index (κ1) is 14.2. The van der Waals surface area contributed by atoms with Gasteiger partial charge in [0, 0.05) is 13.6 Å². The minimum atomic E-state index is -1.09. The quantitative estimate of drug-likeness (QED) is 0.809. The number of amides is 1. The van der Waals surface area contributed by atoms with Crippen LogP contribution in [0.25, 0.3) is 0 Å². The van der Waals surface area contributed by atoms with Crippen molar-refractivity contribution in [3.8, 4) is 0 Å². The van der Waals surface area contributed by atoms with Gasteiger partial charge < -0.3 is 10.0 Å². The number of aliphatic carboxylic acids is 1. The summed E-state index contributed by atoms with van der Waals surface area (Å²) in [6, 6.07) is 6.20. The zero-order chi connectivity index (χ0) is 13.7. The molecule has 0 bridgehead atoms. The molecule has 1 amide bonds. The van der Waals surface area contributed by atoms with Gasteiger partial charge in [-0.1, -0.05) is 18.2 Å². The Balaban J connectivity index is 2.51. The van der Waals surface area contributed by atoms with Crippen LogP contribution in [0.3, 0.4) is 0 Å². The Hall–Kier alpha value is -1.84. The van der Waals surface area contributed by atoms with E-state index in [2.05, 4.69) is 26.0 Å². The van der Waals surface area contributed by atoms with E-state index in [4.69, 9.17) is 5.11 Å². The summed E-state index contributed by atoms with van der Waals surface area (Å²) in [7, 11) is 1.63. The van der Waals surface area contributed by atoms with Gasteiger partial charge in [-0.05, 0) is 37.0 Å². The number of carbonyl (C=O) groups excluding carboxylic acids is 1.